The van der Waals surface area contributed by atoms with Gasteiger partial charge in [0.05, 0.1) is 10.6 Å². The molecule has 1 aromatic heterocycles. The van der Waals surface area contributed by atoms with Crippen LogP contribution in [0.4, 0.5) is 5.88 Å². The maximum Gasteiger partial charge on any atom is 0.264 e. The molecule has 0 saturated carbocycles. The van der Waals surface area contributed by atoms with E-state index in [1.54, 1.807) is 44.0 Å². The molecule has 1 unspecified atom stereocenters. The number of aryl methyl sites for hydroxylation is 1. The van der Waals surface area contributed by atoms with Gasteiger partial charge in [-0.1, -0.05) is 75.3 Å². The molecular weight excluding hydrogens is 528 g/mol. The van der Waals surface area contributed by atoms with Crippen LogP contribution in [0, 0.1) is 25.7 Å². The molecule has 1 heterocycles. The van der Waals surface area contributed by atoms with Crippen LogP contribution >= 0.6 is 0 Å². The second-order valence-corrected chi connectivity index (χ2v) is 12.6. The SMILES string of the molecule is CNC(=O)C(CC(C)C)N(Cc1ccc(-c2ccccc2S(=O)(=O)Nc2onc(C)c2C)cc1)C(=O)CC(C)C. The summed E-state index contributed by atoms with van der Waals surface area (Å²) in [5, 5.41) is 6.54. The summed E-state index contributed by atoms with van der Waals surface area (Å²) in [5.74, 6) is 0.190. The van der Waals surface area contributed by atoms with Gasteiger partial charge in [-0.15, -0.1) is 0 Å². The number of aromatic nitrogens is 1. The molecule has 1 atom stereocenters. The van der Waals surface area contributed by atoms with E-state index in [0.29, 0.717) is 35.2 Å². The highest BCUT2D eigenvalue weighted by atomic mass is 32.2. The number of nitrogens with one attached hydrogen (secondary N) is 2. The maximum atomic E-state index is 13.3. The molecular formula is C30H40N4O5S. The summed E-state index contributed by atoms with van der Waals surface area (Å²) >= 11 is 0. The molecule has 9 nitrogen and oxygen atoms in total. The Morgan fingerprint density at radius 1 is 0.975 bits per heavy atom. The predicted molar refractivity (Wildman–Crippen MR) is 156 cm³/mol. The van der Waals surface area contributed by atoms with E-state index in [1.807, 2.05) is 52.0 Å². The zero-order valence-electron chi connectivity index (χ0n) is 24.3. The summed E-state index contributed by atoms with van der Waals surface area (Å²) in [6.45, 7) is 11.8. The minimum Gasteiger partial charge on any atom is -0.357 e. The standard InChI is InChI=1S/C30H40N4O5S/c1-19(2)16-26(29(36)31-7)34(28(35)17-20(3)4)18-23-12-14-24(15-13-23)25-10-8-9-11-27(25)40(37,38)33-30-21(5)22(6)32-39-30/h8-15,19-20,26,33H,16-18H2,1-7H3,(H,31,36). The number of rotatable bonds is 12. The van der Waals surface area contributed by atoms with Gasteiger partial charge in [-0.25, -0.2) is 13.1 Å². The van der Waals surface area contributed by atoms with Crippen molar-refractivity contribution in [3.63, 3.8) is 0 Å². The second kappa shape index (κ2) is 13.1. The molecule has 0 spiro atoms. The van der Waals surface area contributed by atoms with Gasteiger partial charge in [-0.05, 0) is 49.3 Å². The largest absolute Gasteiger partial charge is 0.357 e. The highest BCUT2D eigenvalue weighted by Crippen LogP contribution is 2.30. The average Bonchev–Trinajstić information content (AvgIpc) is 3.21. The lowest BCUT2D eigenvalue weighted by Crippen LogP contribution is -2.49. The minimum atomic E-state index is -3.97. The molecule has 0 saturated heterocycles. The molecule has 0 radical (unpaired) electrons. The molecule has 0 bridgehead atoms. The minimum absolute atomic E-state index is 0.0752. The lowest BCUT2D eigenvalue weighted by Gasteiger charge is -2.32. The first kappa shape index (κ1) is 30.9. The fourth-order valence-corrected chi connectivity index (χ4v) is 5.72. The molecule has 0 fully saturated rings. The maximum absolute atomic E-state index is 13.3. The summed E-state index contributed by atoms with van der Waals surface area (Å²) in [6, 6.07) is 13.5. The van der Waals surface area contributed by atoms with Crippen LogP contribution in [0.1, 0.15) is 57.4 Å². The van der Waals surface area contributed by atoms with Crippen molar-refractivity contribution in [1.82, 2.24) is 15.4 Å². The van der Waals surface area contributed by atoms with Crippen molar-refractivity contribution in [2.24, 2.45) is 11.8 Å². The number of hydrogen-bond acceptors (Lipinski definition) is 6. The number of sulfonamides is 1. The van der Waals surface area contributed by atoms with Gasteiger partial charge in [-0.2, -0.15) is 0 Å². The molecule has 216 valence electrons. The molecule has 2 amide bonds. The van der Waals surface area contributed by atoms with E-state index in [9.17, 15) is 18.0 Å². The molecule has 3 rings (SSSR count). The zero-order chi connectivity index (χ0) is 29.6. The first-order valence-electron chi connectivity index (χ1n) is 13.5. The molecule has 0 aliphatic carbocycles. The van der Waals surface area contributed by atoms with Crippen molar-refractivity contribution in [2.75, 3.05) is 11.8 Å². The highest BCUT2D eigenvalue weighted by Gasteiger charge is 2.30. The van der Waals surface area contributed by atoms with Gasteiger partial charge in [0.2, 0.25) is 17.7 Å². The van der Waals surface area contributed by atoms with E-state index >= 15 is 0 Å². The van der Waals surface area contributed by atoms with Crippen LogP contribution in [-0.2, 0) is 26.2 Å². The first-order chi connectivity index (χ1) is 18.8. The van der Waals surface area contributed by atoms with Gasteiger partial charge in [0.1, 0.15) is 6.04 Å². The van der Waals surface area contributed by atoms with Crippen molar-refractivity contribution in [2.45, 2.75) is 71.9 Å². The van der Waals surface area contributed by atoms with Gasteiger partial charge in [0, 0.05) is 31.1 Å². The Morgan fingerprint density at radius 3 is 2.17 bits per heavy atom. The lowest BCUT2D eigenvalue weighted by molar-refractivity contribution is -0.142. The topological polar surface area (TPSA) is 122 Å². The van der Waals surface area contributed by atoms with E-state index in [1.165, 1.54) is 6.07 Å². The van der Waals surface area contributed by atoms with Gasteiger partial charge >= 0.3 is 0 Å². The van der Waals surface area contributed by atoms with E-state index in [2.05, 4.69) is 15.2 Å². The van der Waals surface area contributed by atoms with Crippen LogP contribution in [0.15, 0.2) is 57.9 Å². The van der Waals surface area contributed by atoms with E-state index in [4.69, 9.17) is 4.52 Å². The summed E-state index contributed by atoms with van der Waals surface area (Å²) in [5.41, 5.74) is 3.28. The fraction of sp³-hybridized carbons (Fsp3) is 0.433. The summed E-state index contributed by atoms with van der Waals surface area (Å²) in [4.78, 5) is 27.9. The number of amides is 2. The second-order valence-electron chi connectivity index (χ2n) is 10.9. The molecule has 2 aromatic carbocycles. The Hall–Kier alpha value is -3.66. The smallest absolute Gasteiger partial charge is 0.264 e. The Morgan fingerprint density at radius 2 is 1.62 bits per heavy atom. The van der Waals surface area contributed by atoms with Crippen molar-refractivity contribution in [1.29, 1.82) is 0 Å². The fourth-order valence-electron chi connectivity index (χ4n) is 4.44. The van der Waals surface area contributed by atoms with Crippen LogP contribution in [0.2, 0.25) is 0 Å². The lowest BCUT2D eigenvalue weighted by atomic mass is 9.98. The van der Waals surface area contributed by atoms with Crippen LogP contribution < -0.4 is 10.0 Å². The quantitative estimate of drug-likeness (QED) is 0.306. The van der Waals surface area contributed by atoms with Crippen LogP contribution in [0.25, 0.3) is 11.1 Å². The predicted octanol–water partition coefficient (Wildman–Crippen LogP) is 5.29. The molecule has 0 aliphatic heterocycles. The van der Waals surface area contributed by atoms with Gasteiger partial charge in [0.25, 0.3) is 10.0 Å². The molecule has 0 aliphatic rings. The van der Waals surface area contributed by atoms with Gasteiger partial charge < -0.3 is 14.7 Å². The number of likely N-dealkylation sites (N-methyl/N-ethyl adjacent to an activating group) is 1. The zero-order valence-corrected chi connectivity index (χ0v) is 25.1. The number of nitrogens with zero attached hydrogens (tertiary/aromatic N) is 2. The van der Waals surface area contributed by atoms with Gasteiger partial charge in [-0.3, -0.25) is 9.59 Å². The van der Waals surface area contributed by atoms with Crippen molar-refractivity contribution in [3.05, 3.63) is 65.4 Å². The highest BCUT2D eigenvalue weighted by molar-refractivity contribution is 7.92. The molecule has 3 aromatic rings. The number of anilines is 1. The van der Waals surface area contributed by atoms with E-state index in [-0.39, 0.29) is 41.0 Å². The van der Waals surface area contributed by atoms with Crippen molar-refractivity contribution < 1.29 is 22.5 Å². The average molecular weight is 569 g/mol. The Bertz CT molecular complexity index is 1430. The summed E-state index contributed by atoms with van der Waals surface area (Å²) in [6.07, 6.45) is 0.885. The van der Waals surface area contributed by atoms with Crippen molar-refractivity contribution in [3.8, 4) is 11.1 Å². The summed E-state index contributed by atoms with van der Waals surface area (Å²) in [7, 11) is -2.39. The monoisotopic (exact) mass is 568 g/mol. The van der Waals surface area contributed by atoms with E-state index in [0.717, 1.165) is 5.56 Å². The van der Waals surface area contributed by atoms with Crippen molar-refractivity contribution >= 4 is 27.7 Å². The Balaban J connectivity index is 1.92. The number of carbonyl (C=O) groups is 2. The first-order valence-corrected chi connectivity index (χ1v) is 15.0. The number of carbonyl (C=O) groups excluding carboxylic acids is 2. The summed E-state index contributed by atoms with van der Waals surface area (Å²) < 4.78 is 34.3. The van der Waals surface area contributed by atoms with Crippen LogP contribution in [0.5, 0.6) is 0 Å². The number of benzene rings is 2. The third kappa shape index (κ3) is 7.50. The number of hydrogen-bond donors (Lipinski definition) is 2. The molecule has 40 heavy (non-hydrogen) atoms. The third-order valence-electron chi connectivity index (χ3n) is 6.70. The van der Waals surface area contributed by atoms with Crippen LogP contribution in [-0.4, -0.2) is 43.4 Å². The van der Waals surface area contributed by atoms with E-state index < -0.39 is 16.1 Å². The Labute approximate surface area is 237 Å². The van der Waals surface area contributed by atoms with Crippen LogP contribution in [0.3, 0.4) is 0 Å². The third-order valence-corrected chi connectivity index (χ3v) is 8.09. The molecule has 2 N–H and O–H groups in total. The Kier molecular flexibility index (Phi) is 10.1. The van der Waals surface area contributed by atoms with Gasteiger partial charge in [0.15, 0.2) is 0 Å². The normalized spacial score (nSPS) is 12.4. The molecule has 10 heteroatoms.